The summed E-state index contributed by atoms with van der Waals surface area (Å²) in [6.07, 6.45) is 0. The molecule has 2 aromatic rings. The Hall–Kier alpha value is -3.55. The third-order valence-corrected chi connectivity index (χ3v) is 3.23. The van der Waals surface area contributed by atoms with Crippen molar-refractivity contribution in [2.75, 3.05) is 25.6 Å². The van der Waals surface area contributed by atoms with Crippen molar-refractivity contribution in [1.29, 1.82) is 0 Å². The number of benzene rings is 2. The van der Waals surface area contributed by atoms with E-state index >= 15 is 0 Å². The van der Waals surface area contributed by atoms with Crippen LogP contribution in [0.15, 0.2) is 48.5 Å². The largest absolute Gasteiger partial charge is 0.497 e. The first-order valence-electron chi connectivity index (χ1n) is 7.60. The van der Waals surface area contributed by atoms with Crippen LogP contribution in [0.1, 0.15) is 10.4 Å². The molecule has 136 valence electrons. The lowest BCUT2D eigenvalue weighted by Crippen LogP contribution is -2.23. The van der Waals surface area contributed by atoms with Gasteiger partial charge >= 0.3 is 5.97 Å². The van der Waals surface area contributed by atoms with E-state index in [1.807, 2.05) is 0 Å². The minimum absolute atomic E-state index is 0.324. The topological polar surface area (TPSA) is 117 Å². The Morgan fingerprint density at radius 3 is 2.12 bits per heavy atom. The summed E-state index contributed by atoms with van der Waals surface area (Å²) >= 11 is 0. The molecular weight excluding hydrogens is 340 g/mol. The Kier molecular flexibility index (Phi) is 6.55. The predicted octanol–water partition coefficient (Wildman–Crippen LogP) is 1.35. The summed E-state index contributed by atoms with van der Waals surface area (Å²) in [7, 11) is 1.55. The molecule has 0 aliphatic heterocycles. The molecule has 0 atom stereocenters. The standard InChI is InChI=1S/C18H18N2O6/c1-24-14-6-8-15(9-7-14)25-11-17(22)26-10-16(21)20-13-4-2-12(3-5-13)18(19)23/h2-9H,10-11H2,1H3,(H2,19,23)(H,20,21). The van der Waals surface area contributed by atoms with Gasteiger partial charge < -0.3 is 25.3 Å². The average molecular weight is 358 g/mol. The molecule has 2 rings (SSSR count). The van der Waals surface area contributed by atoms with Gasteiger partial charge in [-0.15, -0.1) is 0 Å². The highest BCUT2D eigenvalue weighted by Gasteiger charge is 2.09. The van der Waals surface area contributed by atoms with Gasteiger partial charge in [0.15, 0.2) is 13.2 Å². The zero-order chi connectivity index (χ0) is 18.9. The zero-order valence-electron chi connectivity index (χ0n) is 14.1. The highest BCUT2D eigenvalue weighted by atomic mass is 16.6. The summed E-state index contributed by atoms with van der Waals surface area (Å²) in [4.78, 5) is 34.3. The number of hydrogen-bond donors (Lipinski definition) is 2. The van der Waals surface area contributed by atoms with Gasteiger partial charge in [0.25, 0.3) is 5.91 Å². The lowest BCUT2D eigenvalue weighted by molar-refractivity contribution is -0.149. The number of ether oxygens (including phenoxy) is 3. The number of carbonyl (C=O) groups is 3. The fraction of sp³-hybridized carbons (Fsp3) is 0.167. The maximum Gasteiger partial charge on any atom is 0.344 e. The van der Waals surface area contributed by atoms with Crippen LogP contribution in [0.2, 0.25) is 0 Å². The smallest absolute Gasteiger partial charge is 0.344 e. The number of nitrogens with one attached hydrogen (secondary N) is 1. The number of rotatable bonds is 8. The van der Waals surface area contributed by atoms with E-state index < -0.39 is 24.4 Å². The van der Waals surface area contributed by atoms with Crippen molar-refractivity contribution in [2.24, 2.45) is 5.73 Å². The lowest BCUT2D eigenvalue weighted by atomic mass is 10.2. The van der Waals surface area contributed by atoms with Gasteiger partial charge in [-0.25, -0.2) is 4.79 Å². The number of amides is 2. The van der Waals surface area contributed by atoms with Crippen LogP contribution in [0.25, 0.3) is 0 Å². The first-order valence-corrected chi connectivity index (χ1v) is 7.60. The Balaban J connectivity index is 1.72. The molecule has 0 fully saturated rings. The monoisotopic (exact) mass is 358 g/mol. The molecule has 2 aromatic carbocycles. The van der Waals surface area contributed by atoms with Gasteiger partial charge in [0, 0.05) is 11.3 Å². The molecule has 0 heterocycles. The second-order valence-corrected chi connectivity index (χ2v) is 5.11. The summed E-state index contributed by atoms with van der Waals surface area (Å²) in [5, 5.41) is 2.53. The van der Waals surface area contributed by atoms with E-state index in [2.05, 4.69) is 5.32 Å². The number of anilines is 1. The van der Waals surface area contributed by atoms with Crippen molar-refractivity contribution in [3.8, 4) is 11.5 Å². The van der Waals surface area contributed by atoms with Crippen molar-refractivity contribution in [1.82, 2.24) is 0 Å². The number of methoxy groups -OCH3 is 1. The Bertz CT molecular complexity index is 771. The summed E-state index contributed by atoms with van der Waals surface area (Å²) in [6, 6.07) is 12.7. The van der Waals surface area contributed by atoms with Gasteiger partial charge in [-0.05, 0) is 48.5 Å². The molecule has 2 amide bonds. The molecule has 26 heavy (non-hydrogen) atoms. The number of esters is 1. The second kappa shape index (κ2) is 9.07. The van der Waals surface area contributed by atoms with E-state index in [0.29, 0.717) is 22.7 Å². The SMILES string of the molecule is COc1ccc(OCC(=O)OCC(=O)Nc2ccc(C(N)=O)cc2)cc1. The Labute approximate surface area is 149 Å². The zero-order valence-corrected chi connectivity index (χ0v) is 14.1. The number of nitrogens with two attached hydrogens (primary N) is 1. The van der Waals surface area contributed by atoms with Crippen molar-refractivity contribution < 1.29 is 28.6 Å². The molecule has 0 saturated carbocycles. The molecule has 8 heteroatoms. The van der Waals surface area contributed by atoms with Crippen LogP contribution in [0.4, 0.5) is 5.69 Å². The Morgan fingerprint density at radius 1 is 0.923 bits per heavy atom. The van der Waals surface area contributed by atoms with Gasteiger partial charge in [-0.3, -0.25) is 9.59 Å². The minimum Gasteiger partial charge on any atom is -0.497 e. The first kappa shape index (κ1) is 18.8. The number of hydrogen-bond acceptors (Lipinski definition) is 6. The van der Waals surface area contributed by atoms with E-state index in [0.717, 1.165) is 0 Å². The fourth-order valence-corrected chi connectivity index (χ4v) is 1.92. The van der Waals surface area contributed by atoms with E-state index in [1.165, 1.54) is 24.3 Å². The van der Waals surface area contributed by atoms with E-state index in [1.54, 1.807) is 31.4 Å². The maximum absolute atomic E-state index is 11.7. The lowest BCUT2D eigenvalue weighted by Gasteiger charge is -2.08. The van der Waals surface area contributed by atoms with Crippen LogP contribution in [-0.2, 0) is 14.3 Å². The number of carbonyl (C=O) groups excluding carboxylic acids is 3. The van der Waals surface area contributed by atoms with Gasteiger partial charge in [0.1, 0.15) is 11.5 Å². The maximum atomic E-state index is 11.7. The third kappa shape index (κ3) is 5.82. The summed E-state index contributed by atoms with van der Waals surface area (Å²) in [5.41, 5.74) is 5.90. The number of primary amides is 1. The molecule has 0 unspecified atom stereocenters. The normalized spacial score (nSPS) is 9.88. The van der Waals surface area contributed by atoms with Crippen molar-refractivity contribution >= 4 is 23.5 Å². The molecule has 0 bridgehead atoms. The molecule has 8 nitrogen and oxygen atoms in total. The van der Waals surface area contributed by atoms with Crippen molar-refractivity contribution in [3.05, 3.63) is 54.1 Å². The second-order valence-electron chi connectivity index (χ2n) is 5.11. The molecule has 0 saturated heterocycles. The van der Waals surface area contributed by atoms with E-state index in [4.69, 9.17) is 19.9 Å². The molecule has 0 aliphatic carbocycles. The predicted molar refractivity (Wildman–Crippen MR) is 93.0 cm³/mol. The first-order chi connectivity index (χ1) is 12.5. The van der Waals surface area contributed by atoms with Gasteiger partial charge in [0.2, 0.25) is 5.91 Å². The van der Waals surface area contributed by atoms with Gasteiger partial charge in [-0.1, -0.05) is 0 Å². The third-order valence-electron chi connectivity index (χ3n) is 3.23. The Morgan fingerprint density at radius 2 is 1.54 bits per heavy atom. The average Bonchev–Trinajstić information content (AvgIpc) is 2.65. The molecular formula is C18H18N2O6. The van der Waals surface area contributed by atoms with Crippen molar-refractivity contribution in [3.63, 3.8) is 0 Å². The summed E-state index contributed by atoms with van der Waals surface area (Å²) in [5.74, 6) is -0.620. The summed E-state index contributed by atoms with van der Waals surface area (Å²) in [6.45, 7) is -0.782. The van der Waals surface area contributed by atoms with E-state index in [-0.39, 0.29) is 6.61 Å². The van der Waals surface area contributed by atoms with Gasteiger partial charge in [0.05, 0.1) is 7.11 Å². The van der Waals surface area contributed by atoms with Crippen LogP contribution in [0.5, 0.6) is 11.5 Å². The van der Waals surface area contributed by atoms with Gasteiger partial charge in [-0.2, -0.15) is 0 Å². The van der Waals surface area contributed by atoms with E-state index in [9.17, 15) is 14.4 Å². The fourth-order valence-electron chi connectivity index (χ4n) is 1.92. The quantitative estimate of drug-likeness (QED) is 0.688. The molecule has 0 aliphatic rings. The van der Waals surface area contributed by atoms with Crippen LogP contribution in [0.3, 0.4) is 0 Å². The highest BCUT2D eigenvalue weighted by Crippen LogP contribution is 2.16. The van der Waals surface area contributed by atoms with Crippen LogP contribution < -0.4 is 20.5 Å². The minimum atomic E-state index is -0.681. The molecule has 0 radical (unpaired) electrons. The van der Waals surface area contributed by atoms with Crippen LogP contribution in [0, 0.1) is 0 Å². The molecule has 0 aromatic heterocycles. The molecule has 0 spiro atoms. The summed E-state index contributed by atoms with van der Waals surface area (Å²) < 4.78 is 15.1. The molecule has 3 N–H and O–H groups in total. The van der Waals surface area contributed by atoms with Crippen LogP contribution >= 0.6 is 0 Å². The van der Waals surface area contributed by atoms with Crippen LogP contribution in [-0.4, -0.2) is 38.1 Å². The van der Waals surface area contributed by atoms with Crippen molar-refractivity contribution in [2.45, 2.75) is 0 Å². The highest BCUT2D eigenvalue weighted by molar-refractivity contribution is 5.95.